The maximum Gasteiger partial charge on any atom is 0.213 e. The third kappa shape index (κ3) is 3.20. The Morgan fingerprint density at radius 1 is 1.32 bits per heavy atom. The first-order chi connectivity index (χ1) is 9.10. The summed E-state index contributed by atoms with van der Waals surface area (Å²) in [6, 6.07) is 9.57. The van der Waals surface area contributed by atoms with E-state index in [2.05, 4.69) is 10.3 Å². The Morgan fingerprint density at radius 2 is 2.11 bits per heavy atom. The van der Waals surface area contributed by atoms with Gasteiger partial charge in [0.25, 0.3) is 0 Å². The fourth-order valence-corrected chi connectivity index (χ4v) is 1.88. The second-order valence-corrected chi connectivity index (χ2v) is 4.57. The molecule has 0 bridgehead atoms. The van der Waals surface area contributed by atoms with E-state index in [0.29, 0.717) is 10.9 Å². The van der Waals surface area contributed by atoms with Crippen LogP contribution < -0.4 is 15.8 Å². The van der Waals surface area contributed by atoms with Gasteiger partial charge in [-0.1, -0.05) is 18.3 Å². The second kappa shape index (κ2) is 5.67. The molecule has 0 saturated carbocycles. The van der Waals surface area contributed by atoms with Gasteiger partial charge in [0.2, 0.25) is 5.88 Å². The third-order valence-corrected chi connectivity index (χ3v) is 2.88. The Hall–Kier alpha value is -2.14. The molecule has 0 aliphatic carbocycles. The number of nitrogens with zero attached hydrogens (tertiary/aromatic N) is 1. The van der Waals surface area contributed by atoms with Crippen LogP contribution >= 0.6 is 12.2 Å². The van der Waals surface area contributed by atoms with E-state index in [9.17, 15) is 0 Å². The molecule has 0 fully saturated rings. The van der Waals surface area contributed by atoms with Gasteiger partial charge in [-0.3, -0.25) is 0 Å². The molecule has 1 heterocycles. The predicted octanol–water partition coefficient (Wildman–Crippen LogP) is 2.78. The molecule has 1 aromatic heterocycles. The molecule has 2 aromatic rings. The number of aryl methyl sites for hydroxylation is 1. The number of aromatic nitrogens is 1. The summed E-state index contributed by atoms with van der Waals surface area (Å²) in [6.45, 7) is 2.01. The van der Waals surface area contributed by atoms with Gasteiger partial charge in [0.15, 0.2) is 0 Å². The van der Waals surface area contributed by atoms with Crippen LogP contribution in [0.5, 0.6) is 5.88 Å². The molecular formula is C14H15N3OS. The van der Waals surface area contributed by atoms with Gasteiger partial charge in [-0.15, -0.1) is 0 Å². The lowest BCUT2D eigenvalue weighted by Crippen LogP contribution is -2.12. The number of ether oxygens (including phenoxy) is 1. The fraction of sp³-hybridized carbons (Fsp3) is 0.143. The standard InChI is InChI=1S/C14H15N3OS/c1-9-3-5-11(14(15)19)12(7-9)17-10-4-6-13(18-2)16-8-10/h3-8,17H,1-2H3,(H2,15,19). The number of nitrogens with one attached hydrogen (secondary N) is 1. The summed E-state index contributed by atoms with van der Waals surface area (Å²) in [5.74, 6) is 0.573. The van der Waals surface area contributed by atoms with Gasteiger partial charge < -0.3 is 15.8 Å². The molecule has 0 saturated heterocycles. The zero-order valence-corrected chi connectivity index (χ0v) is 11.6. The number of methoxy groups -OCH3 is 1. The van der Waals surface area contributed by atoms with Crippen molar-refractivity contribution in [3.05, 3.63) is 47.7 Å². The molecule has 1 aromatic carbocycles. The van der Waals surface area contributed by atoms with E-state index in [1.165, 1.54) is 0 Å². The van der Waals surface area contributed by atoms with Gasteiger partial charge in [-0.2, -0.15) is 0 Å². The van der Waals surface area contributed by atoms with E-state index in [4.69, 9.17) is 22.7 Å². The number of thiocarbonyl (C=S) groups is 1. The quantitative estimate of drug-likeness (QED) is 0.839. The third-order valence-electron chi connectivity index (χ3n) is 2.67. The van der Waals surface area contributed by atoms with Crippen LogP contribution in [-0.4, -0.2) is 17.1 Å². The number of anilines is 2. The first-order valence-corrected chi connectivity index (χ1v) is 6.18. The van der Waals surface area contributed by atoms with E-state index in [1.54, 1.807) is 19.4 Å². The highest BCUT2D eigenvalue weighted by Crippen LogP contribution is 2.23. The number of nitrogens with two attached hydrogens (primary N) is 1. The Labute approximate surface area is 117 Å². The summed E-state index contributed by atoms with van der Waals surface area (Å²) in [5.41, 5.74) is 9.39. The molecule has 4 nitrogen and oxygen atoms in total. The Kier molecular flexibility index (Phi) is 3.97. The minimum Gasteiger partial charge on any atom is -0.481 e. The normalized spacial score (nSPS) is 10.0. The van der Waals surface area contributed by atoms with Crippen LogP contribution in [0, 0.1) is 6.92 Å². The Bertz CT molecular complexity index is 596. The highest BCUT2D eigenvalue weighted by molar-refractivity contribution is 7.80. The van der Waals surface area contributed by atoms with Gasteiger partial charge in [-0.25, -0.2) is 4.98 Å². The molecule has 0 atom stereocenters. The van der Waals surface area contributed by atoms with Crippen molar-refractivity contribution in [2.75, 3.05) is 12.4 Å². The van der Waals surface area contributed by atoms with E-state index >= 15 is 0 Å². The zero-order valence-electron chi connectivity index (χ0n) is 10.8. The van der Waals surface area contributed by atoms with Gasteiger partial charge in [0.1, 0.15) is 4.99 Å². The number of hydrogen-bond acceptors (Lipinski definition) is 4. The Balaban J connectivity index is 2.31. The Morgan fingerprint density at radius 3 is 2.68 bits per heavy atom. The largest absolute Gasteiger partial charge is 0.481 e. The van der Waals surface area contributed by atoms with Crippen molar-refractivity contribution < 1.29 is 4.74 Å². The van der Waals surface area contributed by atoms with Crippen LogP contribution in [-0.2, 0) is 0 Å². The summed E-state index contributed by atoms with van der Waals surface area (Å²) < 4.78 is 5.02. The smallest absolute Gasteiger partial charge is 0.213 e. The number of pyridine rings is 1. The molecule has 0 aliphatic heterocycles. The maximum absolute atomic E-state index is 5.72. The first kappa shape index (κ1) is 13.3. The van der Waals surface area contributed by atoms with Crippen LogP contribution in [0.4, 0.5) is 11.4 Å². The molecule has 0 radical (unpaired) electrons. The van der Waals surface area contributed by atoms with Crippen LogP contribution in [0.25, 0.3) is 0 Å². The summed E-state index contributed by atoms with van der Waals surface area (Å²) in [6.07, 6.45) is 1.70. The molecule has 2 rings (SSSR count). The molecule has 0 amide bonds. The first-order valence-electron chi connectivity index (χ1n) is 5.77. The van der Waals surface area contributed by atoms with Crippen LogP contribution in [0.1, 0.15) is 11.1 Å². The minimum absolute atomic E-state index is 0.365. The summed E-state index contributed by atoms with van der Waals surface area (Å²) in [7, 11) is 1.58. The molecule has 0 spiro atoms. The monoisotopic (exact) mass is 273 g/mol. The molecule has 3 N–H and O–H groups in total. The summed E-state index contributed by atoms with van der Waals surface area (Å²) >= 11 is 5.05. The lowest BCUT2D eigenvalue weighted by atomic mass is 10.1. The molecule has 19 heavy (non-hydrogen) atoms. The van der Waals surface area contributed by atoms with Crippen molar-refractivity contribution in [3.8, 4) is 5.88 Å². The van der Waals surface area contributed by atoms with E-state index < -0.39 is 0 Å². The van der Waals surface area contributed by atoms with Gasteiger partial charge in [0, 0.05) is 17.3 Å². The van der Waals surface area contributed by atoms with Crippen LogP contribution in [0.15, 0.2) is 36.5 Å². The van der Waals surface area contributed by atoms with Gasteiger partial charge >= 0.3 is 0 Å². The van der Waals surface area contributed by atoms with Gasteiger partial charge in [0.05, 0.1) is 19.0 Å². The van der Waals surface area contributed by atoms with Gasteiger partial charge in [-0.05, 0) is 30.7 Å². The highest BCUT2D eigenvalue weighted by atomic mass is 32.1. The zero-order chi connectivity index (χ0) is 13.8. The van der Waals surface area contributed by atoms with Crippen molar-refractivity contribution in [1.82, 2.24) is 4.98 Å². The summed E-state index contributed by atoms with van der Waals surface area (Å²) in [5, 5.41) is 3.26. The molecule has 0 aliphatic rings. The van der Waals surface area contributed by atoms with E-state index in [1.807, 2.05) is 31.2 Å². The highest BCUT2D eigenvalue weighted by Gasteiger charge is 2.06. The molecule has 5 heteroatoms. The number of benzene rings is 1. The summed E-state index contributed by atoms with van der Waals surface area (Å²) in [4.78, 5) is 4.51. The van der Waals surface area contributed by atoms with E-state index in [0.717, 1.165) is 22.5 Å². The topological polar surface area (TPSA) is 60.2 Å². The minimum atomic E-state index is 0.365. The van der Waals surface area contributed by atoms with E-state index in [-0.39, 0.29) is 0 Å². The maximum atomic E-state index is 5.72. The number of hydrogen-bond donors (Lipinski definition) is 2. The SMILES string of the molecule is COc1ccc(Nc2cc(C)ccc2C(N)=S)cn1. The molecular weight excluding hydrogens is 258 g/mol. The van der Waals surface area contributed by atoms with Crippen molar-refractivity contribution in [2.45, 2.75) is 6.92 Å². The lowest BCUT2D eigenvalue weighted by molar-refractivity contribution is 0.398. The lowest BCUT2D eigenvalue weighted by Gasteiger charge is -2.12. The number of rotatable bonds is 4. The average Bonchev–Trinajstić information content (AvgIpc) is 2.39. The molecule has 98 valence electrons. The van der Waals surface area contributed by atoms with Crippen molar-refractivity contribution in [3.63, 3.8) is 0 Å². The second-order valence-electron chi connectivity index (χ2n) is 4.13. The van der Waals surface area contributed by atoms with Crippen molar-refractivity contribution in [2.24, 2.45) is 5.73 Å². The van der Waals surface area contributed by atoms with Crippen LogP contribution in [0.2, 0.25) is 0 Å². The van der Waals surface area contributed by atoms with Crippen molar-refractivity contribution in [1.29, 1.82) is 0 Å². The average molecular weight is 273 g/mol. The van der Waals surface area contributed by atoms with Crippen LogP contribution in [0.3, 0.4) is 0 Å². The predicted molar refractivity (Wildman–Crippen MR) is 81.1 cm³/mol. The fourth-order valence-electron chi connectivity index (χ4n) is 1.71. The molecule has 0 unspecified atom stereocenters. The van der Waals surface area contributed by atoms with Crippen molar-refractivity contribution >= 4 is 28.6 Å².